The van der Waals surface area contributed by atoms with Crippen LogP contribution in [0.4, 0.5) is 10.1 Å². The van der Waals surface area contributed by atoms with Crippen molar-refractivity contribution in [1.82, 2.24) is 4.31 Å². The number of nitrogens with zero attached hydrogens (tertiary/aromatic N) is 2. The highest BCUT2D eigenvalue weighted by Crippen LogP contribution is 2.27. The van der Waals surface area contributed by atoms with Gasteiger partial charge in [0.25, 0.3) is 5.91 Å². The Balaban J connectivity index is 1.95. The highest BCUT2D eigenvalue weighted by atomic mass is 79.9. The van der Waals surface area contributed by atoms with E-state index in [1.165, 1.54) is 15.3 Å². The molecule has 1 fully saturated rings. The fourth-order valence-corrected chi connectivity index (χ4v) is 5.46. The number of amides is 1. The average Bonchev–Trinajstić information content (AvgIpc) is 2.68. The summed E-state index contributed by atoms with van der Waals surface area (Å²) in [4.78, 5) is 13.9. The van der Waals surface area contributed by atoms with Gasteiger partial charge in [0, 0.05) is 35.9 Å². The molecule has 0 radical (unpaired) electrons. The van der Waals surface area contributed by atoms with E-state index in [4.69, 9.17) is 0 Å². The molecular formula is C20H22BrFN2O3S. The van der Waals surface area contributed by atoms with Gasteiger partial charge in [-0.05, 0) is 61.7 Å². The van der Waals surface area contributed by atoms with Crippen molar-refractivity contribution in [1.29, 1.82) is 0 Å². The van der Waals surface area contributed by atoms with E-state index in [0.717, 1.165) is 41.4 Å². The number of piperidine rings is 1. The third kappa shape index (κ3) is 4.14. The molecule has 8 heteroatoms. The predicted molar refractivity (Wildman–Crippen MR) is 111 cm³/mol. The molecule has 0 N–H and O–H groups in total. The lowest BCUT2D eigenvalue weighted by Crippen LogP contribution is -2.36. The number of benzene rings is 2. The summed E-state index contributed by atoms with van der Waals surface area (Å²) in [5.41, 5.74) is 1.70. The molecule has 1 aliphatic rings. The standard InChI is InChI=1S/C20H22BrFN2O3S/c1-14-12-16(21)7-9-18(14)23(2)20(25)15-6-8-17(22)19(13-15)28(26,27)24-10-4-3-5-11-24/h6-9,12-13H,3-5,10-11H2,1-2H3. The van der Waals surface area contributed by atoms with E-state index in [0.29, 0.717) is 18.8 Å². The Morgan fingerprint density at radius 2 is 1.79 bits per heavy atom. The molecule has 28 heavy (non-hydrogen) atoms. The number of aryl methyl sites for hydroxylation is 1. The highest BCUT2D eigenvalue weighted by Gasteiger charge is 2.30. The van der Waals surface area contributed by atoms with Crippen molar-refractivity contribution in [3.05, 3.63) is 57.8 Å². The van der Waals surface area contributed by atoms with Crippen LogP contribution in [0.25, 0.3) is 0 Å². The Morgan fingerprint density at radius 3 is 2.43 bits per heavy atom. The quantitative estimate of drug-likeness (QED) is 0.669. The molecule has 0 atom stereocenters. The SMILES string of the molecule is Cc1cc(Br)ccc1N(C)C(=O)c1ccc(F)c(S(=O)(=O)N2CCCCC2)c1. The topological polar surface area (TPSA) is 57.7 Å². The molecule has 1 amide bonds. The zero-order valence-electron chi connectivity index (χ0n) is 15.8. The van der Waals surface area contributed by atoms with Gasteiger partial charge < -0.3 is 4.90 Å². The smallest absolute Gasteiger partial charge is 0.258 e. The number of hydrogen-bond acceptors (Lipinski definition) is 3. The lowest BCUT2D eigenvalue weighted by Gasteiger charge is -2.26. The minimum Gasteiger partial charge on any atom is -0.311 e. The molecule has 0 aliphatic carbocycles. The maximum atomic E-state index is 14.4. The Bertz CT molecular complexity index is 1000. The zero-order valence-corrected chi connectivity index (χ0v) is 18.2. The van der Waals surface area contributed by atoms with Crippen molar-refractivity contribution in [3.8, 4) is 0 Å². The Kier molecular flexibility index (Phi) is 6.21. The van der Waals surface area contributed by atoms with Crippen molar-refractivity contribution in [2.24, 2.45) is 0 Å². The number of carbonyl (C=O) groups is 1. The van der Waals surface area contributed by atoms with Gasteiger partial charge >= 0.3 is 0 Å². The summed E-state index contributed by atoms with van der Waals surface area (Å²) in [5.74, 6) is -1.25. The molecule has 1 aliphatic heterocycles. The number of halogens is 2. The van der Waals surface area contributed by atoms with Gasteiger partial charge in [-0.3, -0.25) is 4.79 Å². The number of sulfonamides is 1. The maximum Gasteiger partial charge on any atom is 0.258 e. The number of anilines is 1. The molecule has 2 aromatic rings. The molecule has 1 heterocycles. The lowest BCUT2D eigenvalue weighted by molar-refractivity contribution is 0.0992. The molecule has 0 unspecified atom stereocenters. The van der Waals surface area contributed by atoms with Gasteiger partial charge in [-0.25, -0.2) is 12.8 Å². The lowest BCUT2D eigenvalue weighted by atomic mass is 10.1. The molecule has 150 valence electrons. The summed E-state index contributed by atoms with van der Waals surface area (Å²) in [6.07, 6.45) is 2.47. The van der Waals surface area contributed by atoms with Gasteiger partial charge in [-0.15, -0.1) is 0 Å². The monoisotopic (exact) mass is 468 g/mol. The number of carbonyl (C=O) groups excluding carboxylic acids is 1. The minimum atomic E-state index is -3.97. The van der Waals surface area contributed by atoms with Gasteiger partial charge in [0.1, 0.15) is 10.7 Å². The van der Waals surface area contributed by atoms with Crippen LogP contribution in [0.1, 0.15) is 35.2 Å². The molecule has 0 saturated carbocycles. The van der Waals surface area contributed by atoms with Crippen LogP contribution in [-0.4, -0.2) is 38.8 Å². The van der Waals surface area contributed by atoms with E-state index in [1.807, 2.05) is 19.1 Å². The summed E-state index contributed by atoms with van der Waals surface area (Å²) in [7, 11) is -2.36. The largest absolute Gasteiger partial charge is 0.311 e. The first-order valence-electron chi connectivity index (χ1n) is 9.06. The van der Waals surface area contributed by atoms with Gasteiger partial charge in [0.2, 0.25) is 10.0 Å². The van der Waals surface area contributed by atoms with E-state index >= 15 is 0 Å². The van der Waals surface area contributed by atoms with E-state index in [2.05, 4.69) is 15.9 Å². The van der Waals surface area contributed by atoms with E-state index < -0.39 is 26.6 Å². The zero-order chi connectivity index (χ0) is 20.5. The van der Waals surface area contributed by atoms with Gasteiger partial charge in [-0.2, -0.15) is 4.31 Å². The van der Waals surface area contributed by atoms with Gasteiger partial charge in [0.15, 0.2) is 0 Å². The van der Waals surface area contributed by atoms with Crippen LogP contribution in [0.5, 0.6) is 0 Å². The van der Waals surface area contributed by atoms with Crippen LogP contribution < -0.4 is 4.90 Å². The second kappa shape index (κ2) is 8.31. The second-order valence-electron chi connectivity index (χ2n) is 6.90. The molecule has 3 rings (SSSR count). The predicted octanol–water partition coefficient (Wildman–Crippen LogP) is 4.35. The summed E-state index contributed by atoms with van der Waals surface area (Å²) in [6, 6.07) is 9.02. The second-order valence-corrected chi connectivity index (χ2v) is 9.73. The minimum absolute atomic E-state index is 0.127. The van der Waals surface area contributed by atoms with Gasteiger partial charge in [-0.1, -0.05) is 22.4 Å². The van der Waals surface area contributed by atoms with Crippen LogP contribution in [0.2, 0.25) is 0 Å². The van der Waals surface area contributed by atoms with Gasteiger partial charge in [0.05, 0.1) is 0 Å². The van der Waals surface area contributed by atoms with E-state index in [9.17, 15) is 17.6 Å². The molecule has 0 bridgehead atoms. The third-order valence-electron chi connectivity index (χ3n) is 4.94. The molecule has 1 saturated heterocycles. The normalized spacial score (nSPS) is 15.4. The van der Waals surface area contributed by atoms with Crippen molar-refractivity contribution >= 4 is 37.5 Å². The highest BCUT2D eigenvalue weighted by molar-refractivity contribution is 9.10. The Labute approximate surface area is 173 Å². The van der Waals surface area contributed by atoms with E-state index in [1.54, 1.807) is 13.1 Å². The first-order valence-corrected chi connectivity index (χ1v) is 11.3. The average molecular weight is 469 g/mol. The number of hydrogen-bond donors (Lipinski definition) is 0. The maximum absolute atomic E-state index is 14.4. The summed E-state index contributed by atoms with van der Waals surface area (Å²) < 4.78 is 42.3. The molecule has 2 aromatic carbocycles. The first-order chi connectivity index (χ1) is 13.2. The molecule has 5 nitrogen and oxygen atoms in total. The summed E-state index contributed by atoms with van der Waals surface area (Å²) >= 11 is 3.39. The van der Waals surface area contributed by atoms with Crippen molar-refractivity contribution in [2.45, 2.75) is 31.1 Å². The van der Waals surface area contributed by atoms with Crippen LogP contribution in [0.3, 0.4) is 0 Å². The Hall–Kier alpha value is -1.77. The van der Waals surface area contributed by atoms with Crippen LogP contribution in [0, 0.1) is 12.7 Å². The van der Waals surface area contributed by atoms with Crippen LogP contribution in [-0.2, 0) is 10.0 Å². The summed E-state index contributed by atoms with van der Waals surface area (Å²) in [6.45, 7) is 2.62. The fourth-order valence-electron chi connectivity index (χ4n) is 3.38. The first kappa shape index (κ1) is 21.0. The fraction of sp³-hybridized carbons (Fsp3) is 0.350. The van der Waals surface area contributed by atoms with E-state index in [-0.39, 0.29) is 5.56 Å². The van der Waals surface area contributed by atoms with Crippen molar-refractivity contribution in [3.63, 3.8) is 0 Å². The molecule has 0 aromatic heterocycles. The van der Waals surface area contributed by atoms with Crippen LogP contribution in [0.15, 0.2) is 45.8 Å². The molecular weight excluding hydrogens is 447 g/mol. The van der Waals surface area contributed by atoms with Crippen molar-refractivity contribution < 1.29 is 17.6 Å². The number of rotatable bonds is 4. The molecule has 0 spiro atoms. The summed E-state index contributed by atoms with van der Waals surface area (Å²) in [5, 5.41) is 0. The Morgan fingerprint density at radius 1 is 1.11 bits per heavy atom. The van der Waals surface area contributed by atoms with Crippen LogP contribution >= 0.6 is 15.9 Å². The van der Waals surface area contributed by atoms with Crippen molar-refractivity contribution in [2.75, 3.05) is 25.0 Å². The third-order valence-corrected chi connectivity index (χ3v) is 7.34.